The normalized spacial score (nSPS) is 22.0. The Morgan fingerprint density at radius 3 is 2.74 bits per heavy atom. The summed E-state index contributed by atoms with van der Waals surface area (Å²) in [4.78, 5) is 25.7. The number of carbonyl (C=O) groups excluding carboxylic acids is 2. The van der Waals surface area contributed by atoms with E-state index in [1.807, 2.05) is 23.1 Å². The van der Waals surface area contributed by atoms with Crippen LogP contribution in [0.15, 0.2) is 24.3 Å². The Morgan fingerprint density at radius 2 is 2.04 bits per heavy atom. The summed E-state index contributed by atoms with van der Waals surface area (Å²) in [5.74, 6) is -1.14. The van der Waals surface area contributed by atoms with E-state index in [-0.39, 0.29) is 18.2 Å². The molecule has 0 bridgehead atoms. The number of hydrogen-bond acceptors (Lipinski definition) is 6. The van der Waals surface area contributed by atoms with Crippen molar-refractivity contribution in [3.63, 3.8) is 0 Å². The van der Waals surface area contributed by atoms with Crippen LogP contribution >= 0.6 is 0 Å². The minimum atomic E-state index is -0.593. The Balaban J connectivity index is 1.69. The maximum Gasteiger partial charge on any atom is 0.352 e. The van der Waals surface area contributed by atoms with Gasteiger partial charge in [0.2, 0.25) is 5.91 Å². The second-order valence-corrected chi connectivity index (χ2v) is 5.59. The molecule has 2 N–H and O–H groups in total. The van der Waals surface area contributed by atoms with Gasteiger partial charge in [-0.25, -0.2) is 4.79 Å². The molecule has 1 aromatic rings. The molecule has 2 heterocycles. The highest BCUT2D eigenvalue weighted by molar-refractivity contribution is 6.39. The van der Waals surface area contributed by atoms with Crippen LogP contribution in [0.4, 0.5) is 5.69 Å². The van der Waals surface area contributed by atoms with E-state index in [1.165, 1.54) is 0 Å². The van der Waals surface area contributed by atoms with Crippen LogP contribution in [0.3, 0.4) is 0 Å². The van der Waals surface area contributed by atoms with Crippen molar-refractivity contribution < 1.29 is 19.1 Å². The van der Waals surface area contributed by atoms with Gasteiger partial charge in [-0.3, -0.25) is 15.1 Å². The van der Waals surface area contributed by atoms with Crippen molar-refractivity contribution in [1.29, 1.82) is 5.41 Å². The molecule has 1 aromatic carbocycles. The second-order valence-electron chi connectivity index (χ2n) is 5.59. The molecule has 0 aliphatic carbocycles. The lowest BCUT2D eigenvalue weighted by Crippen LogP contribution is -2.41. The minimum absolute atomic E-state index is 0.0696. The molecule has 0 unspecified atom stereocenters. The van der Waals surface area contributed by atoms with Crippen molar-refractivity contribution in [1.82, 2.24) is 4.90 Å². The van der Waals surface area contributed by atoms with Gasteiger partial charge in [0.05, 0.1) is 25.7 Å². The molecule has 0 radical (unpaired) electrons. The van der Waals surface area contributed by atoms with Crippen LogP contribution in [0.2, 0.25) is 0 Å². The SMILES string of the molecule is N=C1C(=O)OC[C@@H]1c1ccccc1NC(=O)CN1CCOCC1. The monoisotopic (exact) mass is 317 g/mol. The Hall–Kier alpha value is -2.25. The number of carbonyl (C=O) groups is 2. The lowest BCUT2D eigenvalue weighted by molar-refractivity contribution is -0.132. The minimum Gasteiger partial charge on any atom is -0.460 e. The topological polar surface area (TPSA) is 91.7 Å². The molecule has 1 amide bonds. The van der Waals surface area contributed by atoms with Gasteiger partial charge in [0.15, 0.2) is 0 Å². The molecule has 0 aromatic heterocycles. The zero-order valence-corrected chi connectivity index (χ0v) is 12.7. The Morgan fingerprint density at radius 1 is 1.30 bits per heavy atom. The number of esters is 1. The van der Waals surface area contributed by atoms with Crippen LogP contribution in [0.25, 0.3) is 0 Å². The zero-order chi connectivity index (χ0) is 16.2. The third-order valence-electron chi connectivity index (χ3n) is 4.03. The van der Waals surface area contributed by atoms with Crippen molar-refractivity contribution in [2.75, 3.05) is 44.8 Å². The summed E-state index contributed by atoms with van der Waals surface area (Å²) in [6.07, 6.45) is 0. The average molecular weight is 317 g/mol. The fourth-order valence-electron chi connectivity index (χ4n) is 2.77. The van der Waals surface area contributed by atoms with Crippen LogP contribution in [-0.4, -0.2) is 61.9 Å². The van der Waals surface area contributed by atoms with Crippen LogP contribution in [0.5, 0.6) is 0 Å². The molecular formula is C16H19N3O4. The van der Waals surface area contributed by atoms with Gasteiger partial charge in [0.25, 0.3) is 0 Å². The predicted octanol–water partition coefficient (Wildman–Crippen LogP) is 0.617. The molecular weight excluding hydrogens is 298 g/mol. The van der Waals surface area contributed by atoms with E-state index in [2.05, 4.69) is 5.32 Å². The van der Waals surface area contributed by atoms with E-state index in [0.29, 0.717) is 25.4 Å². The maximum absolute atomic E-state index is 12.2. The van der Waals surface area contributed by atoms with Crippen LogP contribution in [0.1, 0.15) is 11.5 Å². The number of rotatable bonds is 4. The lowest BCUT2D eigenvalue weighted by Gasteiger charge is -2.26. The summed E-state index contributed by atoms with van der Waals surface area (Å²) in [6, 6.07) is 7.23. The summed E-state index contributed by atoms with van der Waals surface area (Å²) in [5, 5.41) is 10.7. The highest BCUT2D eigenvalue weighted by Gasteiger charge is 2.33. The van der Waals surface area contributed by atoms with Crippen molar-refractivity contribution in [3.05, 3.63) is 29.8 Å². The van der Waals surface area contributed by atoms with Gasteiger partial charge in [-0.1, -0.05) is 18.2 Å². The molecule has 7 heteroatoms. The fraction of sp³-hybridized carbons (Fsp3) is 0.438. The molecule has 0 spiro atoms. The Bertz CT molecular complexity index is 626. The molecule has 1 atom stereocenters. The van der Waals surface area contributed by atoms with Gasteiger partial charge in [-0.15, -0.1) is 0 Å². The number of hydrogen-bond donors (Lipinski definition) is 2. The first-order valence-electron chi connectivity index (χ1n) is 7.59. The van der Waals surface area contributed by atoms with E-state index in [9.17, 15) is 9.59 Å². The number of benzene rings is 1. The molecule has 7 nitrogen and oxygen atoms in total. The second kappa shape index (κ2) is 6.89. The summed E-state index contributed by atoms with van der Waals surface area (Å²) >= 11 is 0. The van der Waals surface area contributed by atoms with Gasteiger partial charge >= 0.3 is 5.97 Å². The van der Waals surface area contributed by atoms with E-state index < -0.39 is 11.9 Å². The van der Waals surface area contributed by atoms with Crippen molar-refractivity contribution >= 4 is 23.3 Å². The van der Waals surface area contributed by atoms with E-state index in [4.69, 9.17) is 14.9 Å². The van der Waals surface area contributed by atoms with E-state index >= 15 is 0 Å². The Labute approximate surface area is 134 Å². The van der Waals surface area contributed by atoms with Crippen LogP contribution in [0, 0.1) is 5.41 Å². The van der Waals surface area contributed by atoms with Crippen LogP contribution < -0.4 is 5.32 Å². The number of ether oxygens (including phenoxy) is 2. The van der Waals surface area contributed by atoms with Gasteiger partial charge in [0.1, 0.15) is 12.3 Å². The van der Waals surface area contributed by atoms with Gasteiger partial charge in [-0.05, 0) is 11.6 Å². The third-order valence-corrected chi connectivity index (χ3v) is 4.03. The largest absolute Gasteiger partial charge is 0.460 e. The van der Waals surface area contributed by atoms with Crippen molar-refractivity contribution in [2.24, 2.45) is 0 Å². The number of anilines is 1. The van der Waals surface area contributed by atoms with E-state index in [0.717, 1.165) is 18.7 Å². The summed E-state index contributed by atoms with van der Waals surface area (Å²) in [7, 11) is 0. The molecule has 122 valence electrons. The first kappa shape index (κ1) is 15.6. The highest BCUT2D eigenvalue weighted by atomic mass is 16.5. The van der Waals surface area contributed by atoms with Crippen molar-refractivity contribution in [2.45, 2.75) is 5.92 Å². The number of morpholine rings is 1. The van der Waals surface area contributed by atoms with Gasteiger partial charge in [0, 0.05) is 18.8 Å². The number of nitrogens with one attached hydrogen (secondary N) is 2. The highest BCUT2D eigenvalue weighted by Crippen LogP contribution is 2.29. The number of amides is 1. The van der Waals surface area contributed by atoms with E-state index in [1.54, 1.807) is 6.07 Å². The molecule has 2 aliphatic rings. The summed E-state index contributed by atoms with van der Waals surface area (Å²) in [5.41, 5.74) is 1.29. The van der Waals surface area contributed by atoms with Gasteiger partial charge < -0.3 is 14.8 Å². The molecule has 2 fully saturated rings. The number of nitrogens with zero attached hydrogens (tertiary/aromatic N) is 1. The first-order valence-corrected chi connectivity index (χ1v) is 7.59. The zero-order valence-electron chi connectivity index (χ0n) is 12.7. The molecule has 23 heavy (non-hydrogen) atoms. The summed E-state index contributed by atoms with van der Waals surface area (Å²) < 4.78 is 10.2. The molecule has 2 aliphatic heterocycles. The standard InChI is InChI=1S/C16H19N3O4/c17-15-12(10-23-16(15)21)11-3-1-2-4-13(11)18-14(20)9-19-5-7-22-8-6-19/h1-4,12,17H,5-10H2,(H,18,20)/t12-/m1/s1. The predicted molar refractivity (Wildman–Crippen MR) is 83.8 cm³/mol. The lowest BCUT2D eigenvalue weighted by atomic mass is 9.95. The molecule has 2 saturated heterocycles. The Kier molecular flexibility index (Phi) is 4.68. The smallest absolute Gasteiger partial charge is 0.352 e. The third kappa shape index (κ3) is 3.57. The average Bonchev–Trinajstić information content (AvgIpc) is 2.88. The molecule has 3 rings (SSSR count). The number of para-hydroxylation sites is 1. The quantitative estimate of drug-likeness (QED) is 0.794. The van der Waals surface area contributed by atoms with Crippen LogP contribution in [-0.2, 0) is 19.1 Å². The number of cyclic esters (lactones) is 1. The first-order chi connectivity index (χ1) is 11.1. The maximum atomic E-state index is 12.2. The summed E-state index contributed by atoms with van der Waals surface area (Å²) in [6.45, 7) is 3.21. The molecule has 0 saturated carbocycles. The fourth-order valence-corrected chi connectivity index (χ4v) is 2.77. The van der Waals surface area contributed by atoms with Crippen molar-refractivity contribution in [3.8, 4) is 0 Å². The van der Waals surface area contributed by atoms with Gasteiger partial charge in [-0.2, -0.15) is 0 Å².